The summed E-state index contributed by atoms with van der Waals surface area (Å²) in [7, 11) is -0.625. The van der Waals surface area contributed by atoms with E-state index >= 15 is 0 Å². The van der Waals surface area contributed by atoms with Crippen molar-refractivity contribution in [2.24, 2.45) is 0 Å². The number of aryl methyl sites for hydroxylation is 1. The molecular formula is C13H17N3OS2. The van der Waals surface area contributed by atoms with Crippen molar-refractivity contribution >= 4 is 43.7 Å². The summed E-state index contributed by atoms with van der Waals surface area (Å²) in [4.78, 5) is 4.49. The van der Waals surface area contributed by atoms with Gasteiger partial charge in [-0.2, -0.15) is 0 Å². The molecule has 1 saturated heterocycles. The van der Waals surface area contributed by atoms with Crippen LogP contribution in [0.4, 0.5) is 11.4 Å². The average Bonchev–Trinajstić information content (AvgIpc) is 2.72. The second-order valence-electron chi connectivity index (χ2n) is 4.91. The normalized spacial score (nSPS) is 23.6. The number of hydrogen-bond donors (Lipinski definition) is 2. The lowest BCUT2D eigenvalue weighted by molar-refractivity contribution is 0.624. The lowest BCUT2D eigenvalue weighted by Gasteiger charge is -2.24. The standard InChI is InChI=1S/C13H17N3OS2/c1-8-15-12-7-11(10(14)6-13(12)18-8)16-9-2-4-19(17)5-3-9/h6-7,9,16H,2-5,14H2,1H3. The highest BCUT2D eigenvalue weighted by Gasteiger charge is 2.18. The number of nitrogens with one attached hydrogen (secondary N) is 1. The van der Waals surface area contributed by atoms with Crippen LogP contribution >= 0.6 is 11.3 Å². The van der Waals surface area contributed by atoms with Gasteiger partial charge in [0.25, 0.3) is 0 Å². The molecule has 0 spiro atoms. The van der Waals surface area contributed by atoms with Gasteiger partial charge >= 0.3 is 0 Å². The Morgan fingerprint density at radius 2 is 2.16 bits per heavy atom. The van der Waals surface area contributed by atoms with Crippen molar-refractivity contribution in [2.45, 2.75) is 25.8 Å². The number of fused-ring (bicyclic) bond motifs is 1. The first-order chi connectivity index (χ1) is 9.11. The van der Waals surface area contributed by atoms with Crippen molar-refractivity contribution in [3.8, 4) is 0 Å². The van der Waals surface area contributed by atoms with E-state index in [1.807, 2.05) is 19.1 Å². The SMILES string of the molecule is Cc1nc2cc(NC3CCS(=O)CC3)c(N)cc2s1. The quantitative estimate of drug-likeness (QED) is 0.835. The second kappa shape index (κ2) is 5.09. The summed E-state index contributed by atoms with van der Waals surface area (Å²) in [5.74, 6) is 1.57. The van der Waals surface area contributed by atoms with E-state index in [1.165, 1.54) is 0 Å². The maximum atomic E-state index is 11.4. The predicted octanol–water partition coefficient (Wildman–Crippen LogP) is 2.51. The van der Waals surface area contributed by atoms with E-state index in [0.29, 0.717) is 6.04 Å². The van der Waals surface area contributed by atoms with Gasteiger partial charge < -0.3 is 11.1 Å². The Hall–Kier alpha value is -1.14. The Kier molecular flexibility index (Phi) is 3.45. The smallest absolute Gasteiger partial charge is 0.0907 e. The number of anilines is 2. The molecule has 0 bridgehead atoms. The fraction of sp³-hybridized carbons (Fsp3) is 0.462. The molecule has 19 heavy (non-hydrogen) atoms. The summed E-state index contributed by atoms with van der Waals surface area (Å²) in [6, 6.07) is 4.39. The third-order valence-corrected chi connectivity index (χ3v) is 5.73. The van der Waals surface area contributed by atoms with E-state index in [1.54, 1.807) is 11.3 Å². The molecule has 102 valence electrons. The molecule has 0 atom stereocenters. The Bertz CT molecular complexity index is 628. The van der Waals surface area contributed by atoms with Gasteiger partial charge in [0.15, 0.2) is 0 Å². The van der Waals surface area contributed by atoms with Crippen LogP contribution in [0.15, 0.2) is 12.1 Å². The van der Waals surface area contributed by atoms with Crippen molar-refractivity contribution in [1.29, 1.82) is 0 Å². The molecule has 0 amide bonds. The molecule has 3 N–H and O–H groups in total. The van der Waals surface area contributed by atoms with Crippen molar-refractivity contribution in [3.05, 3.63) is 17.1 Å². The van der Waals surface area contributed by atoms with Gasteiger partial charge in [0, 0.05) is 28.3 Å². The number of hydrogen-bond acceptors (Lipinski definition) is 5. The van der Waals surface area contributed by atoms with Crippen LogP contribution in [-0.4, -0.2) is 26.7 Å². The fourth-order valence-corrected chi connectivity index (χ4v) is 4.54. The summed E-state index contributed by atoms with van der Waals surface area (Å²) in [5.41, 5.74) is 8.82. The molecule has 1 aromatic heterocycles. The zero-order valence-electron chi connectivity index (χ0n) is 10.8. The van der Waals surface area contributed by atoms with Crippen LogP contribution < -0.4 is 11.1 Å². The maximum absolute atomic E-state index is 11.4. The van der Waals surface area contributed by atoms with Gasteiger partial charge in [0.05, 0.1) is 26.6 Å². The molecule has 0 unspecified atom stereocenters. The summed E-state index contributed by atoms with van der Waals surface area (Å²) in [6.07, 6.45) is 1.89. The van der Waals surface area contributed by atoms with E-state index in [-0.39, 0.29) is 0 Å². The van der Waals surface area contributed by atoms with Crippen LogP contribution in [0.5, 0.6) is 0 Å². The molecule has 1 fully saturated rings. The molecule has 1 aliphatic rings. The van der Waals surface area contributed by atoms with Gasteiger partial charge in [-0.3, -0.25) is 4.21 Å². The topological polar surface area (TPSA) is 68.0 Å². The average molecular weight is 295 g/mol. The van der Waals surface area contributed by atoms with Crippen molar-refractivity contribution in [3.63, 3.8) is 0 Å². The molecule has 0 radical (unpaired) electrons. The first-order valence-corrected chi connectivity index (χ1v) is 8.70. The van der Waals surface area contributed by atoms with E-state index in [4.69, 9.17) is 5.73 Å². The van der Waals surface area contributed by atoms with Crippen LogP contribution in [0.2, 0.25) is 0 Å². The zero-order valence-corrected chi connectivity index (χ0v) is 12.4. The minimum absolute atomic E-state index is 0.372. The molecule has 2 aromatic rings. The van der Waals surface area contributed by atoms with E-state index < -0.39 is 10.8 Å². The van der Waals surface area contributed by atoms with Gasteiger partial charge in [-0.05, 0) is 31.9 Å². The van der Waals surface area contributed by atoms with Crippen molar-refractivity contribution < 1.29 is 4.21 Å². The first-order valence-electron chi connectivity index (χ1n) is 6.40. The molecule has 2 heterocycles. The number of thiazole rings is 1. The van der Waals surface area contributed by atoms with E-state index in [2.05, 4.69) is 10.3 Å². The Morgan fingerprint density at radius 1 is 1.42 bits per heavy atom. The molecule has 1 aromatic carbocycles. The molecule has 1 aliphatic heterocycles. The Labute approximate surface area is 118 Å². The highest BCUT2D eigenvalue weighted by atomic mass is 32.2. The molecule has 3 rings (SSSR count). The monoisotopic (exact) mass is 295 g/mol. The number of nitrogens with two attached hydrogens (primary N) is 1. The van der Waals surface area contributed by atoms with Gasteiger partial charge in [-0.15, -0.1) is 11.3 Å². The molecule has 0 aliphatic carbocycles. The van der Waals surface area contributed by atoms with Crippen molar-refractivity contribution in [2.75, 3.05) is 22.6 Å². The second-order valence-corrected chi connectivity index (χ2v) is 7.84. The van der Waals surface area contributed by atoms with Crippen LogP contribution in [0.1, 0.15) is 17.8 Å². The number of rotatable bonds is 2. The molecule has 6 heteroatoms. The largest absolute Gasteiger partial charge is 0.397 e. The van der Waals surface area contributed by atoms with E-state index in [9.17, 15) is 4.21 Å². The van der Waals surface area contributed by atoms with Crippen LogP contribution in [0.25, 0.3) is 10.2 Å². The lowest BCUT2D eigenvalue weighted by Crippen LogP contribution is -2.29. The van der Waals surface area contributed by atoms with Crippen LogP contribution in [0, 0.1) is 6.92 Å². The van der Waals surface area contributed by atoms with Crippen LogP contribution in [0.3, 0.4) is 0 Å². The van der Waals surface area contributed by atoms with Gasteiger partial charge in [0.1, 0.15) is 0 Å². The minimum atomic E-state index is -0.625. The van der Waals surface area contributed by atoms with Gasteiger partial charge in [-0.1, -0.05) is 0 Å². The summed E-state index contributed by atoms with van der Waals surface area (Å²) < 4.78 is 12.5. The van der Waals surface area contributed by atoms with Gasteiger partial charge in [0.2, 0.25) is 0 Å². The highest BCUT2D eigenvalue weighted by molar-refractivity contribution is 7.85. The van der Waals surface area contributed by atoms with E-state index in [0.717, 1.165) is 50.9 Å². The van der Waals surface area contributed by atoms with Crippen LogP contribution in [-0.2, 0) is 10.8 Å². The highest BCUT2D eigenvalue weighted by Crippen LogP contribution is 2.30. The predicted molar refractivity (Wildman–Crippen MR) is 83.3 cm³/mol. The lowest BCUT2D eigenvalue weighted by atomic mass is 10.1. The third kappa shape index (κ3) is 2.74. The third-order valence-electron chi connectivity index (χ3n) is 3.41. The number of benzene rings is 1. The number of aromatic nitrogens is 1. The maximum Gasteiger partial charge on any atom is 0.0907 e. The summed E-state index contributed by atoms with van der Waals surface area (Å²) in [6.45, 7) is 2.00. The molecule has 0 saturated carbocycles. The Morgan fingerprint density at radius 3 is 2.89 bits per heavy atom. The fourth-order valence-electron chi connectivity index (χ4n) is 2.39. The first kappa shape index (κ1) is 12.9. The summed E-state index contributed by atoms with van der Waals surface area (Å²) >= 11 is 1.66. The molecule has 4 nitrogen and oxygen atoms in total. The zero-order chi connectivity index (χ0) is 13.4. The van der Waals surface area contributed by atoms with Gasteiger partial charge in [-0.25, -0.2) is 4.98 Å². The Balaban J connectivity index is 1.83. The number of nitrogens with zero attached hydrogens (tertiary/aromatic N) is 1. The number of nitrogen functional groups attached to an aromatic ring is 1. The van der Waals surface area contributed by atoms with Crippen molar-refractivity contribution in [1.82, 2.24) is 4.98 Å². The molecular weight excluding hydrogens is 278 g/mol. The minimum Gasteiger partial charge on any atom is -0.397 e. The summed E-state index contributed by atoms with van der Waals surface area (Å²) in [5, 5.41) is 4.53.